The van der Waals surface area contributed by atoms with Gasteiger partial charge >= 0.3 is 0 Å². The third kappa shape index (κ3) is 2.41. The Morgan fingerprint density at radius 2 is 2.30 bits per heavy atom. The molecule has 6 nitrogen and oxygen atoms in total. The van der Waals surface area contributed by atoms with E-state index in [0.717, 1.165) is 12.1 Å². The number of ether oxygens (including phenoxy) is 1. The van der Waals surface area contributed by atoms with Crippen molar-refractivity contribution in [2.45, 2.75) is 32.1 Å². The van der Waals surface area contributed by atoms with Crippen LogP contribution in [0.5, 0.6) is 0 Å². The van der Waals surface area contributed by atoms with E-state index in [1.807, 2.05) is 4.68 Å². The Bertz CT molecular complexity index is 760. The van der Waals surface area contributed by atoms with Crippen LogP contribution in [0.1, 0.15) is 34.1 Å². The van der Waals surface area contributed by atoms with Crippen molar-refractivity contribution in [3.8, 4) is 0 Å². The van der Waals surface area contributed by atoms with Gasteiger partial charge in [-0.25, -0.2) is 9.07 Å². The van der Waals surface area contributed by atoms with Crippen LogP contribution in [0.25, 0.3) is 0 Å². The first kappa shape index (κ1) is 14.3. The van der Waals surface area contributed by atoms with Crippen molar-refractivity contribution in [2.75, 3.05) is 13.1 Å². The van der Waals surface area contributed by atoms with Crippen molar-refractivity contribution in [1.82, 2.24) is 19.9 Å². The number of aryl methyl sites for hydroxylation is 1. The summed E-state index contributed by atoms with van der Waals surface area (Å²) < 4.78 is 21.4. The van der Waals surface area contributed by atoms with Crippen LogP contribution in [0, 0.1) is 12.7 Å². The highest BCUT2D eigenvalue weighted by Crippen LogP contribution is 2.30. The maximum Gasteiger partial charge on any atom is 0.254 e. The number of carbonyl (C=O) groups excluding carboxylic acids is 1. The lowest BCUT2D eigenvalue weighted by Crippen LogP contribution is -2.49. The smallest absolute Gasteiger partial charge is 0.254 e. The third-order valence-electron chi connectivity index (χ3n) is 4.63. The predicted octanol–water partition coefficient (Wildman–Crippen LogP) is 1.71. The van der Waals surface area contributed by atoms with Crippen molar-refractivity contribution >= 4 is 5.91 Å². The van der Waals surface area contributed by atoms with Gasteiger partial charge in [-0.1, -0.05) is 11.3 Å². The van der Waals surface area contributed by atoms with E-state index in [9.17, 15) is 9.18 Å². The summed E-state index contributed by atoms with van der Waals surface area (Å²) in [4.78, 5) is 14.4. The molecule has 1 amide bonds. The quantitative estimate of drug-likeness (QED) is 0.803. The van der Waals surface area contributed by atoms with Crippen LogP contribution in [-0.4, -0.2) is 45.0 Å². The Kier molecular flexibility index (Phi) is 3.37. The van der Waals surface area contributed by atoms with E-state index in [-0.39, 0.29) is 23.9 Å². The Morgan fingerprint density at radius 3 is 3.13 bits per heavy atom. The SMILES string of the molecule is Cc1ccc(C(=O)N2CC[C@@H]3OCc4cnnn4[C@@H]3C2)cc1F. The van der Waals surface area contributed by atoms with E-state index in [1.54, 1.807) is 30.2 Å². The fraction of sp³-hybridized carbons (Fsp3) is 0.438. The van der Waals surface area contributed by atoms with Gasteiger partial charge in [0.1, 0.15) is 5.82 Å². The number of carbonyl (C=O) groups is 1. The highest BCUT2D eigenvalue weighted by molar-refractivity contribution is 5.94. The number of hydrogen-bond acceptors (Lipinski definition) is 4. The van der Waals surface area contributed by atoms with Crippen molar-refractivity contribution in [1.29, 1.82) is 0 Å². The minimum Gasteiger partial charge on any atom is -0.370 e. The van der Waals surface area contributed by atoms with Gasteiger partial charge < -0.3 is 9.64 Å². The molecule has 1 aromatic carbocycles. The largest absolute Gasteiger partial charge is 0.370 e. The normalized spacial score (nSPS) is 23.3. The van der Waals surface area contributed by atoms with Crippen LogP contribution in [0.2, 0.25) is 0 Å². The zero-order chi connectivity index (χ0) is 16.0. The Hall–Kier alpha value is -2.28. The first-order valence-electron chi connectivity index (χ1n) is 7.69. The zero-order valence-corrected chi connectivity index (χ0v) is 12.8. The number of amides is 1. The zero-order valence-electron chi connectivity index (χ0n) is 12.8. The predicted molar refractivity (Wildman–Crippen MR) is 79.3 cm³/mol. The van der Waals surface area contributed by atoms with Gasteiger partial charge in [-0.2, -0.15) is 0 Å². The van der Waals surface area contributed by atoms with Crippen LogP contribution in [-0.2, 0) is 11.3 Å². The van der Waals surface area contributed by atoms with E-state index >= 15 is 0 Å². The molecule has 2 aromatic rings. The fourth-order valence-corrected chi connectivity index (χ4v) is 3.27. The second kappa shape index (κ2) is 5.42. The molecule has 2 aliphatic rings. The molecule has 0 radical (unpaired) electrons. The molecule has 0 spiro atoms. The van der Waals surface area contributed by atoms with E-state index < -0.39 is 0 Å². The number of likely N-dealkylation sites (tertiary alicyclic amines) is 1. The van der Waals surface area contributed by atoms with Gasteiger partial charge in [0.25, 0.3) is 5.91 Å². The molecule has 7 heteroatoms. The molecule has 0 unspecified atom stereocenters. The molecule has 0 aliphatic carbocycles. The molecule has 2 atom stereocenters. The maximum absolute atomic E-state index is 13.7. The minimum atomic E-state index is -0.356. The molecule has 1 fully saturated rings. The number of hydrogen-bond donors (Lipinski definition) is 0. The van der Waals surface area contributed by atoms with Crippen molar-refractivity contribution in [2.24, 2.45) is 0 Å². The van der Waals surface area contributed by atoms with Crippen molar-refractivity contribution < 1.29 is 13.9 Å². The summed E-state index contributed by atoms with van der Waals surface area (Å²) in [6.45, 7) is 3.28. The van der Waals surface area contributed by atoms with Gasteiger partial charge in [0.2, 0.25) is 0 Å². The number of aromatic nitrogens is 3. The lowest BCUT2D eigenvalue weighted by atomic mass is 9.99. The summed E-state index contributed by atoms with van der Waals surface area (Å²) in [7, 11) is 0. The first-order chi connectivity index (χ1) is 11.1. The van der Waals surface area contributed by atoms with Gasteiger partial charge in [-0.05, 0) is 31.0 Å². The number of benzene rings is 1. The van der Waals surface area contributed by atoms with Crippen LogP contribution >= 0.6 is 0 Å². The molecule has 23 heavy (non-hydrogen) atoms. The van der Waals surface area contributed by atoms with Crippen LogP contribution < -0.4 is 0 Å². The van der Waals surface area contributed by atoms with Crippen LogP contribution in [0.3, 0.4) is 0 Å². The molecule has 1 saturated heterocycles. The lowest BCUT2D eigenvalue weighted by molar-refractivity contribution is -0.0605. The summed E-state index contributed by atoms with van der Waals surface area (Å²) in [5, 5.41) is 8.05. The van der Waals surface area contributed by atoms with Crippen LogP contribution in [0.15, 0.2) is 24.4 Å². The molecule has 1 aromatic heterocycles. The van der Waals surface area contributed by atoms with E-state index in [4.69, 9.17) is 4.74 Å². The Morgan fingerprint density at radius 1 is 1.43 bits per heavy atom. The Balaban J connectivity index is 1.57. The molecule has 2 aliphatic heterocycles. The molecule has 4 rings (SSSR count). The average molecular weight is 316 g/mol. The summed E-state index contributed by atoms with van der Waals surface area (Å²) >= 11 is 0. The topological polar surface area (TPSA) is 60.3 Å². The monoisotopic (exact) mass is 316 g/mol. The lowest BCUT2D eigenvalue weighted by Gasteiger charge is -2.41. The number of nitrogens with zero attached hydrogens (tertiary/aromatic N) is 4. The van der Waals surface area contributed by atoms with E-state index in [2.05, 4.69) is 10.3 Å². The summed E-state index contributed by atoms with van der Waals surface area (Å²) in [6.07, 6.45) is 2.47. The summed E-state index contributed by atoms with van der Waals surface area (Å²) in [6, 6.07) is 4.58. The third-order valence-corrected chi connectivity index (χ3v) is 4.63. The second-order valence-corrected chi connectivity index (χ2v) is 6.09. The van der Waals surface area contributed by atoms with Crippen LogP contribution in [0.4, 0.5) is 4.39 Å². The first-order valence-corrected chi connectivity index (χ1v) is 7.69. The maximum atomic E-state index is 13.7. The number of piperidine rings is 1. The summed E-state index contributed by atoms with van der Waals surface area (Å²) in [5.41, 5.74) is 1.83. The highest BCUT2D eigenvalue weighted by Gasteiger charge is 2.38. The number of halogens is 1. The fourth-order valence-electron chi connectivity index (χ4n) is 3.27. The van der Waals surface area contributed by atoms with Crippen molar-refractivity contribution in [3.05, 3.63) is 47.0 Å². The van der Waals surface area contributed by atoms with Crippen molar-refractivity contribution in [3.63, 3.8) is 0 Å². The molecule has 3 heterocycles. The van der Waals surface area contributed by atoms with Gasteiger partial charge in [-0.3, -0.25) is 4.79 Å². The number of fused-ring (bicyclic) bond motifs is 3. The average Bonchev–Trinajstić information content (AvgIpc) is 3.05. The van der Waals surface area contributed by atoms with Gasteiger partial charge in [-0.15, -0.1) is 5.10 Å². The molecule has 0 bridgehead atoms. The molecule has 120 valence electrons. The van der Waals surface area contributed by atoms with E-state index in [0.29, 0.717) is 30.8 Å². The van der Waals surface area contributed by atoms with Gasteiger partial charge in [0.05, 0.1) is 30.6 Å². The molecule has 0 N–H and O–H groups in total. The second-order valence-electron chi connectivity index (χ2n) is 6.09. The van der Waals surface area contributed by atoms with Gasteiger partial charge in [0.15, 0.2) is 0 Å². The number of rotatable bonds is 1. The van der Waals surface area contributed by atoms with E-state index in [1.165, 1.54) is 6.07 Å². The molecule has 0 saturated carbocycles. The summed E-state index contributed by atoms with van der Waals surface area (Å²) in [5.74, 6) is -0.514. The minimum absolute atomic E-state index is 0.0331. The van der Waals surface area contributed by atoms with Gasteiger partial charge in [0, 0.05) is 18.7 Å². The Labute approximate surface area is 132 Å². The molecular weight excluding hydrogens is 299 g/mol. The highest BCUT2D eigenvalue weighted by atomic mass is 19.1. The standard InChI is InChI=1S/C16H17FN4O2/c1-10-2-3-11(6-13(10)17)16(22)20-5-4-15-14(8-20)21-12(9-23-15)7-18-19-21/h2-3,6-7,14-15H,4-5,8-9H2,1H3/t14-,15+/m1/s1. The molecular formula is C16H17FN4O2.